The summed E-state index contributed by atoms with van der Waals surface area (Å²) in [6.45, 7) is 7.74. The Kier molecular flexibility index (Phi) is 6.32. The van der Waals surface area contributed by atoms with Gasteiger partial charge in [0.1, 0.15) is 0 Å². The van der Waals surface area contributed by atoms with Crippen LogP contribution in [0.1, 0.15) is 40.3 Å². The van der Waals surface area contributed by atoms with E-state index in [-0.39, 0.29) is 5.78 Å². The van der Waals surface area contributed by atoms with E-state index in [9.17, 15) is 4.79 Å². The zero-order valence-electron chi connectivity index (χ0n) is 22.1. The summed E-state index contributed by atoms with van der Waals surface area (Å²) in [6.07, 6.45) is 0. The van der Waals surface area contributed by atoms with Crippen LogP contribution in [0, 0.1) is 20.8 Å². The third kappa shape index (κ3) is 4.06. The highest BCUT2D eigenvalue weighted by molar-refractivity contribution is 8.17. The zero-order valence-corrected chi connectivity index (χ0v) is 23.7. The van der Waals surface area contributed by atoms with Crippen LogP contribution in [0.2, 0.25) is 5.02 Å². The normalized spacial score (nSPS) is 18.2. The van der Waals surface area contributed by atoms with E-state index in [0.29, 0.717) is 10.1 Å². The van der Waals surface area contributed by atoms with Crippen LogP contribution in [0.3, 0.4) is 0 Å². The quantitative estimate of drug-likeness (QED) is 0.260. The van der Waals surface area contributed by atoms with Gasteiger partial charge in [0.25, 0.3) is 0 Å². The molecule has 0 amide bonds. The van der Waals surface area contributed by atoms with Crippen LogP contribution in [-0.2, 0) is 9.79 Å². The lowest BCUT2D eigenvalue weighted by Gasteiger charge is -2.47. The van der Waals surface area contributed by atoms with Crippen LogP contribution in [0.4, 0.5) is 11.4 Å². The van der Waals surface area contributed by atoms with E-state index in [1.165, 1.54) is 11.8 Å². The Bertz CT molecular complexity index is 1680. The van der Waals surface area contributed by atoms with Gasteiger partial charge in [-0.15, -0.1) is 0 Å². The number of thioether (sulfide) groups is 1. The third-order valence-electron chi connectivity index (χ3n) is 7.15. The number of carbonyl (C=O) groups excluding carboxylic acids is 1. The summed E-state index contributed by atoms with van der Waals surface area (Å²) in [5.74, 6) is -0.101. The summed E-state index contributed by atoms with van der Waals surface area (Å²) in [6, 6.07) is 30.6. The molecule has 4 aromatic carbocycles. The summed E-state index contributed by atoms with van der Waals surface area (Å²) in [5, 5.41) is 15.3. The number of hydrogen-bond acceptors (Lipinski definition) is 6. The average Bonchev–Trinajstić information content (AvgIpc) is 3.34. The summed E-state index contributed by atoms with van der Waals surface area (Å²) in [7, 11) is 0. The van der Waals surface area contributed by atoms with E-state index >= 15 is 0 Å². The summed E-state index contributed by atoms with van der Waals surface area (Å²) < 4.78 is 0. The minimum absolute atomic E-state index is 0.101. The molecule has 2 aliphatic heterocycles. The molecule has 1 spiro atoms. The molecule has 2 heterocycles. The van der Waals surface area contributed by atoms with Gasteiger partial charge in [-0.25, -0.2) is 10.0 Å². The Morgan fingerprint density at radius 1 is 0.821 bits per heavy atom. The largest absolute Gasteiger partial charge is 0.292 e. The van der Waals surface area contributed by atoms with Crippen molar-refractivity contribution in [1.29, 1.82) is 0 Å². The fourth-order valence-corrected chi connectivity index (χ4v) is 6.60. The van der Waals surface area contributed by atoms with Crippen LogP contribution in [-0.4, -0.2) is 16.5 Å². The molecule has 6 rings (SSSR count). The van der Waals surface area contributed by atoms with Gasteiger partial charge in [0, 0.05) is 28.6 Å². The summed E-state index contributed by atoms with van der Waals surface area (Å²) in [4.78, 5) is 11.9. The molecule has 0 radical (unpaired) electrons. The predicted octanol–water partition coefficient (Wildman–Crippen LogP) is 7.80. The van der Waals surface area contributed by atoms with E-state index in [0.717, 1.165) is 50.5 Å². The zero-order chi connectivity index (χ0) is 27.3. The Morgan fingerprint density at radius 3 is 2.33 bits per heavy atom. The molecular formula is C32H27ClN4OS. The molecule has 0 aromatic heterocycles. The standard InChI is InChI=1S/C32H27ClN4OS/c1-20-17-18-21(2)26(19-20)30-25-13-8-9-14-27(25)32(36(34-30)24-11-6-5-7-12-24)37(35-31(39-32)23(4)38)29-16-10-15-28(33)22(29)3/h5-19H,1-4H3/t32-/m1/s1. The highest BCUT2D eigenvalue weighted by Gasteiger charge is 2.56. The average molecular weight is 551 g/mol. The van der Waals surface area contributed by atoms with Gasteiger partial charge in [-0.05, 0) is 74.0 Å². The number of halogens is 1. The van der Waals surface area contributed by atoms with Gasteiger partial charge in [0.15, 0.2) is 10.8 Å². The molecule has 0 aliphatic carbocycles. The third-order valence-corrected chi connectivity index (χ3v) is 8.98. The number of hydrogen-bond donors (Lipinski definition) is 0. The first kappa shape index (κ1) is 25.4. The number of carbonyl (C=O) groups is 1. The molecular weight excluding hydrogens is 524 g/mol. The maximum Gasteiger partial charge on any atom is 0.234 e. The fraction of sp³-hybridized carbons (Fsp3) is 0.156. The van der Waals surface area contributed by atoms with Crippen molar-refractivity contribution in [2.45, 2.75) is 32.7 Å². The van der Waals surface area contributed by atoms with Crippen LogP contribution in [0.25, 0.3) is 0 Å². The molecule has 0 saturated heterocycles. The van der Waals surface area contributed by atoms with Gasteiger partial charge in [0.2, 0.25) is 4.99 Å². The molecule has 0 N–H and O–H groups in total. The van der Waals surface area contributed by atoms with Gasteiger partial charge in [-0.3, -0.25) is 4.79 Å². The number of fused-ring (bicyclic) bond motifs is 2. The van der Waals surface area contributed by atoms with Crippen LogP contribution >= 0.6 is 23.4 Å². The number of anilines is 2. The van der Waals surface area contributed by atoms with Gasteiger partial charge < -0.3 is 0 Å². The van der Waals surface area contributed by atoms with Crippen molar-refractivity contribution < 1.29 is 4.79 Å². The number of Topliss-reactive ketones (excluding diaryl/α,β-unsaturated/α-hetero) is 1. The first-order chi connectivity index (χ1) is 18.8. The smallest absolute Gasteiger partial charge is 0.234 e. The molecule has 4 aromatic rings. The second-order valence-corrected chi connectivity index (χ2v) is 11.4. The topological polar surface area (TPSA) is 48.3 Å². The SMILES string of the molecule is CC(=O)C1=NN(c2cccc(Cl)c2C)[C@@]2(S1)c1ccccc1C(c1cc(C)ccc1C)=NN2c1ccccc1. The van der Waals surface area contributed by atoms with Crippen molar-refractivity contribution in [3.8, 4) is 0 Å². The maximum absolute atomic E-state index is 12.9. The molecule has 39 heavy (non-hydrogen) atoms. The van der Waals surface area contributed by atoms with E-state index in [1.54, 1.807) is 6.92 Å². The number of para-hydroxylation sites is 1. The number of hydrazone groups is 2. The van der Waals surface area contributed by atoms with Crippen LogP contribution in [0.5, 0.6) is 0 Å². The lowest BCUT2D eigenvalue weighted by atomic mass is 9.90. The molecule has 5 nitrogen and oxygen atoms in total. The Morgan fingerprint density at radius 2 is 1.56 bits per heavy atom. The van der Waals surface area contributed by atoms with E-state index in [4.69, 9.17) is 21.8 Å². The number of benzene rings is 4. The van der Waals surface area contributed by atoms with Gasteiger partial charge >= 0.3 is 0 Å². The van der Waals surface area contributed by atoms with Gasteiger partial charge in [-0.1, -0.05) is 77.8 Å². The molecule has 0 saturated carbocycles. The van der Waals surface area contributed by atoms with Crippen molar-refractivity contribution in [3.05, 3.63) is 129 Å². The van der Waals surface area contributed by atoms with Gasteiger partial charge in [0.05, 0.1) is 17.1 Å². The first-order valence-electron chi connectivity index (χ1n) is 12.8. The van der Waals surface area contributed by atoms with Crippen molar-refractivity contribution >= 4 is 51.3 Å². The Hall–Kier alpha value is -3.87. The number of rotatable bonds is 4. The van der Waals surface area contributed by atoms with Crippen molar-refractivity contribution in [2.75, 3.05) is 10.0 Å². The maximum atomic E-state index is 12.9. The number of nitrogens with zero attached hydrogens (tertiary/aromatic N) is 4. The predicted molar refractivity (Wildman–Crippen MR) is 163 cm³/mol. The summed E-state index contributed by atoms with van der Waals surface area (Å²) in [5.41, 5.74) is 8.80. The number of aryl methyl sites for hydroxylation is 2. The number of ketones is 1. The van der Waals surface area contributed by atoms with Crippen LogP contribution in [0.15, 0.2) is 101 Å². The molecule has 2 aliphatic rings. The van der Waals surface area contributed by atoms with Crippen molar-refractivity contribution in [1.82, 2.24) is 0 Å². The van der Waals surface area contributed by atoms with Crippen molar-refractivity contribution in [2.24, 2.45) is 10.2 Å². The lowest BCUT2D eigenvalue weighted by Crippen LogP contribution is -2.54. The van der Waals surface area contributed by atoms with Crippen LogP contribution < -0.4 is 10.0 Å². The molecule has 7 heteroatoms. The first-order valence-corrected chi connectivity index (χ1v) is 14.0. The summed E-state index contributed by atoms with van der Waals surface area (Å²) >= 11 is 8.03. The second-order valence-electron chi connectivity index (χ2n) is 9.83. The minimum Gasteiger partial charge on any atom is -0.292 e. The fourth-order valence-electron chi connectivity index (χ4n) is 5.15. The Labute approximate surface area is 237 Å². The Balaban J connectivity index is 1.70. The van der Waals surface area contributed by atoms with E-state index in [2.05, 4.69) is 44.2 Å². The molecule has 0 fully saturated rings. The van der Waals surface area contributed by atoms with Gasteiger partial charge in [-0.2, -0.15) is 10.2 Å². The van der Waals surface area contributed by atoms with E-state index < -0.39 is 4.99 Å². The molecule has 0 bridgehead atoms. The molecule has 0 unspecified atom stereocenters. The van der Waals surface area contributed by atoms with E-state index in [1.807, 2.05) is 77.6 Å². The minimum atomic E-state index is -1.00. The molecule has 1 atom stereocenters. The molecule has 194 valence electrons. The lowest BCUT2D eigenvalue weighted by molar-refractivity contribution is -0.110. The highest BCUT2D eigenvalue weighted by Crippen LogP contribution is 2.55. The monoisotopic (exact) mass is 550 g/mol. The second kappa shape index (κ2) is 9.70. The van der Waals surface area contributed by atoms with Crippen molar-refractivity contribution in [3.63, 3.8) is 0 Å². The highest BCUT2D eigenvalue weighted by atomic mass is 35.5.